The van der Waals surface area contributed by atoms with Gasteiger partial charge in [-0.2, -0.15) is 5.26 Å². The van der Waals surface area contributed by atoms with Gasteiger partial charge >= 0.3 is 0 Å². The Bertz CT molecular complexity index is 838. The van der Waals surface area contributed by atoms with Crippen LogP contribution >= 0.6 is 23.2 Å². The molecule has 0 spiro atoms. The standard InChI is InChI=1S/C14H9Cl2N3O4/c15-11-2-1-3-12(16)13(11)23-5-4-18-8-10(19(21)22)6-9(7-17)14(18)20/h1-3,6,8H,4-5H2. The average molecular weight is 354 g/mol. The normalized spacial score (nSPS) is 10.1. The number of hydrogen-bond acceptors (Lipinski definition) is 5. The summed E-state index contributed by atoms with van der Waals surface area (Å²) in [6.45, 7) is -0.00780. The molecule has 0 aliphatic rings. The number of nitro groups is 1. The summed E-state index contributed by atoms with van der Waals surface area (Å²) in [6.07, 6.45) is 1.06. The summed E-state index contributed by atoms with van der Waals surface area (Å²) in [6, 6.07) is 7.41. The maximum absolute atomic E-state index is 12.0. The van der Waals surface area contributed by atoms with E-state index in [4.69, 9.17) is 33.2 Å². The van der Waals surface area contributed by atoms with E-state index in [1.807, 2.05) is 0 Å². The van der Waals surface area contributed by atoms with Crippen molar-refractivity contribution in [2.75, 3.05) is 6.61 Å². The lowest BCUT2D eigenvalue weighted by atomic mass is 10.2. The minimum absolute atomic E-state index is 0.00323. The molecule has 0 atom stereocenters. The van der Waals surface area contributed by atoms with Crippen LogP contribution in [0.5, 0.6) is 5.75 Å². The molecule has 0 radical (unpaired) electrons. The molecule has 9 heteroatoms. The van der Waals surface area contributed by atoms with Crippen LogP contribution in [0.3, 0.4) is 0 Å². The average Bonchev–Trinajstić information content (AvgIpc) is 2.51. The van der Waals surface area contributed by atoms with Crippen molar-refractivity contribution in [1.82, 2.24) is 4.57 Å². The quantitative estimate of drug-likeness (QED) is 0.607. The van der Waals surface area contributed by atoms with Crippen molar-refractivity contribution in [3.05, 3.63) is 66.5 Å². The lowest BCUT2D eigenvalue weighted by Gasteiger charge is -2.11. The summed E-state index contributed by atoms with van der Waals surface area (Å²) in [5.74, 6) is 0.259. The number of nitrogens with zero attached hydrogens (tertiary/aromatic N) is 3. The highest BCUT2D eigenvalue weighted by molar-refractivity contribution is 6.37. The van der Waals surface area contributed by atoms with E-state index in [0.717, 1.165) is 16.8 Å². The molecule has 23 heavy (non-hydrogen) atoms. The largest absolute Gasteiger partial charge is 0.489 e. The summed E-state index contributed by atoms with van der Waals surface area (Å²) in [7, 11) is 0. The Hall–Kier alpha value is -2.56. The van der Waals surface area contributed by atoms with Gasteiger partial charge in [0.2, 0.25) is 0 Å². The number of ether oxygens (including phenoxy) is 1. The second kappa shape index (κ2) is 7.13. The third-order valence-electron chi connectivity index (χ3n) is 2.90. The zero-order valence-corrected chi connectivity index (χ0v) is 13.0. The minimum atomic E-state index is -0.678. The Morgan fingerprint density at radius 1 is 1.35 bits per heavy atom. The van der Waals surface area contributed by atoms with Crippen molar-refractivity contribution in [2.24, 2.45) is 0 Å². The molecule has 0 saturated heterocycles. The van der Waals surface area contributed by atoms with Gasteiger partial charge in [-0.1, -0.05) is 29.3 Å². The third-order valence-corrected chi connectivity index (χ3v) is 3.50. The highest BCUT2D eigenvalue weighted by Crippen LogP contribution is 2.32. The Labute approximate surface area is 140 Å². The molecule has 2 aromatic rings. The van der Waals surface area contributed by atoms with E-state index in [1.54, 1.807) is 24.3 Å². The van der Waals surface area contributed by atoms with E-state index in [1.165, 1.54) is 0 Å². The summed E-state index contributed by atoms with van der Waals surface area (Å²) in [5.41, 5.74) is -1.29. The van der Waals surface area contributed by atoms with E-state index in [9.17, 15) is 14.9 Å². The molecule has 0 aliphatic carbocycles. The van der Waals surface area contributed by atoms with Crippen molar-refractivity contribution in [1.29, 1.82) is 5.26 Å². The minimum Gasteiger partial charge on any atom is -0.489 e. The number of pyridine rings is 1. The first-order chi connectivity index (χ1) is 10.9. The Kier molecular flexibility index (Phi) is 5.21. The SMILES string of the molecule is N#Cc1cc([N+](=O)[O-])cn(CCOc2c(Cl)cccc2Cl)c1=O. The fourth-order valence-electron chi connectivity index (χ4n) is 1.83. The maximum atomic E-state index is 12.0. The molecule has 2 rings (SSSR count). The van der Waals surface area contributed by atoms with Gasteiger partial charge in [0.15, 0.2) is 5.75 Å². The van der Waals surface area contributed by atoms with Crippen LogP contribution in [0.15, 0.2) is 35.3 Å². The molecule has 0 fully saturated rings. The highest BCUT2D eigenvalue weighted by Gasteiger charge is 2.14. The van der Waals surface area contributed by atoms with Gasteiger partial charge < -0.3 is 9.30 Å². The van der Waals surface area contributed by atoms with Gasteiger partial charge in [-0.3, -0.25) is 14.9 Å². The second-order valence-corrected chi connectivity index (χ2v) is 5.19. The van der Waals surface area contributed by atoms with E-state index >= 15 is 0 Å². The molecule has 7 nitrogen and oxygen atoms in total. The van der Waals surface area contributed by atoms with Crippen LogP contribution in [0.1, 0.15) is 5.56 Å². The number of rotatable bonds is 5. The fourth-order valence-corrected chi connectivity index (χ4v) is 2.34. The van der Waals surface area contributed by atoms with Gasteiger partial charge in [0.05, 0.1) is 27.7 Å². The van der Waals surface area contributed by atoms with E-state index in [-0.39, 0.29) is 30.2 Å². The number of halogens is 2. The molecule has 1 aromatic heterocycles. The summed E-state index contributed by atoms with van der Waals surface area (Å²) < 4.78 is 6.47. The topological polar surface area (TPSA) is 98.2 Å². The number of benzene rings is 1. The molecule has 1 heterocycles. The predicted molar refractivity (Wildman–Crippen MR) is 84.0 cm³/mol. The number of hydrogen-bond donors (Lipinski definition) is 0. The van der Waals surface area contributed by atoms with E-state index in [2.05, 4.69) is 0 Å². The monoisotopic (exact) mass is 353 g/mol. The first-order valence-electron chi connectivity index (χ1n) is 6.30. The Morgan fingerprint density at radius 2 is 2.00 bits per heavy atom. The van der Waals surface area contributed by atoms with Crippen LogP contribution in [-0.4, -0.2) is 16.1 Å². The van der Waals surface area contributed by atoms with Gasteiger partial charge in [-0.15, -0.1) is 0 Å². The zero-order valence-electron chi connectivity index (χ0n) is 11.5. The number of aromatic nitrogens is 1. The van der Waals surface area contributed by atoms with Gasteiger partial charge in [0, 0.05) is 6.07 Å². The lowest BCUT2D eigenvalue weighted by molar-refractivity contribution is -0.385. The van der Waals surface area contributed by atoms with Crippen LogP contribution < -0.4 is 10.3 Å². The summed E-state index contributed by atoms with van der Waals surface area (Å²) >= 11 is 11.9. The van der Waals surface area contributed by atoms with Crippen molar-refractivity contribution >= 4 is 28.9 Å². The molecule has 0 N–H and O–H groups in total. The van der Waals surface area contributed by atoms with Gasteiger partial charge in [0.25, 0.3) is 11.2 Å². The molecule has 0 saturated carbocycles. The first kappa shape index (κ1) is 16.8. The molecule has 1 aromatic carbocycles. The van der Waals surface area contributed by atoms with Gasteiger partial charge in [-0.05, 0) is 12.1 Å². The first-order valence-corrected chi connectivity index (χ1v) is 7.05. The van der Waals surface area contributed by atoms with Crippen molar-refractivity contribution in [2.45, 2.75) is 6.54 Å². The summed E-state index contributed by atoms with van der Waals surface area (Å²) in [5, 5.41) is 20.3. The molecular formula is C14H9Cl2N3O4. The van der Waals surface area contributed by atoms with Crippen LogP contribution in [0.2, 0.25) is 10.0 Å². The molecule has 0 bridgehead atoms. The Morgan fingerprint density at radius 3 is 2.57 bits per heavy atom. The van der Waals surface area contributed by atoms with Crippen LogP contribution in [0.25, 0.3) is 0 Å². The zero-order chi connectivity index (χ0) is 17.0. The van der Waals surface area contributed by atoms with Crippen molar-refractivity contribution < 1.29 is 9.66 Å². The predicted octanol–water partition coefficient (Wildman–Crippen LogP) is 3.01. The second-order valence-electron chi connectivity index (χ2n) is 4.38. The fraction of sp³-hybridized carbons (Fsp3) is 0.143. The van der Waals surface area contributed by atoms with Crippen molar-refractivity contribution in [3.8, 4) is 11.8 Å². The number of para-hydroxylation sites is 1. The molecular weight excluding hydrogens is 345 g/mol. The molecule has 0 aliphatic heterocycles. The molecule has 0 unspecified atom stereocenters. The van der Waals surface area contributed by atoms with E-state index < -0.39 is 10.5 Å². The maximum Gasteiger partial charge on any atom is 0.287 e. The Balaban J connectivity index is 2.21. The van der Waals surface area contributed by atoms with Crippen molar-refractivity contribution in [3.63, 3.8) is 0 Å². The van der Waals surface area contributed by atoms with Crippen LogP contribution in [-0.2, 0) is 6.54 Å². The smallest absolute Gasteiger partial charge is 0.287 e. The van der Waals surface area contributed by atoms with Gasteiger partial charge in [0.1, 0.15) is 18.2 Å². The number of nitriles is 1. The lowest BCUT2D eigenvalue weighted by Crippen LogP contribution is -2.25. The summed E-state index contributed by atoms with van der Waals surface area (Å²) in [4.78, 5) is 22.1. The van der Waals surface area contributed by atoms with E-state index in [0.29, 0.717) is 10.0 Å². The molecule has 0 amide bonds. The van der Waals surface area contributed by atoms with Crippen LogP contribution in [0.4, 0.5) is 5.69 Å². The third kappa shape index (κ3) is 3.80. The van der Waals surface area contributed by atoms with Gasteiger partial charge in [-0.25, -0.2) is 0 Å². The van der Waals surface area contributed by atoms with Crippen LogP contribution in [0, 0.1) is 21.4 Å². The highest BCUT2D eigenvalue weighted by atomic mass is 35.5. The molecule has 118 valence electrons.